The number of amides is 2. The highest BCUT2D eigenvalue weighted by atomic mass is 16.3. The van der Waals surface area contributed by atoms with Crippen molar-refractivity contribution in [3.8, 4) is 11.5 Å². The molecule has 0 spiro atoms. The third-order valence-corrected chi connectivity index (χ3v) is 2.21. The van der Waals surface area contributed by atoms with E-state index in [2.05, 4.69) is 10.9 Å². The third-order valence-electron chi connectivity index (χ3n) is 2.21. The number of carbonyl (C=O) groups excluding carboxylic acids is 2. The first-order chi connectivity index (χ1) is 8.21. The number of aromatic hydroxyl groups is 2. The van der Waals surface area contributed by atoms with Crippen molar-refractivity contribution in [2.45, 2.75) is 20.8 Å². The van der Waals surface area contributed by atoms with E-state index in [1.54, 1.807) is 20.8 Å². The van der Waals surface area contributed by atoms with E-state index in [-0.39, 0.29) is 17.2 Å². The summed E-state index contributed by atoms with van der Waals surface area (Å²) in [5.74, 6) is -1.63. The number of hydrogen-bond acceptors (Lipinski definition) is 4. The maximum Gasteiger partial charge on any atom is 0.269 e. The van der Waals surface area contributed by atoms with Gasteiger partial charge in [-0.1, -0.05) is 20.8 Å². The van der Waals surface area contributed by atoms with Crippen LogP contribution in [-0.4, -0.2) is 22.0 Å². The summed E-state index contributed by atoms with van der Waals surface area (Å²) in [5.41, 5.74) is 4.00. The molecule has 6 nitrogen and oxygen atoms in total. The first-order valence-corrected chi connectivity index (χ1v) is 5.34. The molecule has 0 radical (unpaired) electrons. The van der Waals surface area contributed by atoms with Gasteiger partial charge in [-0.25, -0.2) is 0 Å². The predicted molar refractivity (Wildman–Crippen MR) is 64.8 cm³/mol. The van der Waals surface area contributed by atoms with Gasteiger partial charge in [0.2, 0.25) is 5.91 Å². The lowest BCUT2D eigenvalue weighted by Crippen LogP contribution is -2.46. The summed E-state index contributed by atoms with van der Waals surface area (Å²) in [6.45, 7) is 5.13. The zero-order chi connectivity index (χ0) is 13.9. The van der Waals surface area contributed by atoms with Crippen molar-refractivity contribution < 1.29 is 19.8 Å². The smallest absolute Gasteiger partial charge is 0.269 e. The number of hydrogen-bond donors (Lipinski definition) is 4. The molecule has 1 aromatic carbocycles. The Morgan fingerprint density at radius 1 is 1.06 bits per heavy atom. The summed E-state index contributed by atoms with van der Waals surface area (Å²) in [6.07, 6.45) is 0. The molecule has 0 aliphatic heterocycles. The second-order valence-corrected chi connectivity index (χ2v) is 4.86. The molecule has 0 aliphatic carbocycles. The van der Waals surface area contributed by atoms with E-state index in [9.17, 15) is 14.7 Å². The molecule has 6 heteroatoms. The number of benzene rings is 1. The van der Waals surface area contributed by atoms with E-state index in [1.165, 1.54) is 12.1 Å². The lowest BCUT2D eigenvalue weighted by atomic mass is 9.96. The van der Waals surface area contributed by atoms with Crippen molar-refractivity contribution in [3.05, 3.63) is 23.8 Å². The highest BCUT2D eigenvalue weighted by molar-refractivity contribution is 5.96. The maximum atomic E-state index is 11.6. The molecule has 0 bridgehead atoms. The van der Waals surface area contributed by atoms with Gasteiger partial charge in [-0.15, -0.1) is 0 Å². The molecule has 0 atom stereocenters. The van der Waals surface area contributed by atoms with Crippen LogP contribution in [0, 0.1) is 5.41 Å². The van der Waals surface area contributed by atoms with Crippen LogP contribution in [0.4, 0.5) is 0 Å². The summed E-state index contributed by atoms with van der Waals surface area (Å²) in [6, 6.07) is 3.62. The molecule has 0 fully saturated rings. The minimum atomic E-state index is -0.621. The van der Waals surface area contributed by atoms with Crippen LogP contribution >= 0.6 is 0 Å². The zero-order valence-corrected chi connectivity index (χ0v) is 10.4. The molecular formula is C12H16N2O4. The molecule has 1 aromatic rings. The van der Waals surface area contributed by atoms with Gasteiger partial charge in [-0.3, -0.25) is 20.4 Å². The van der Waals surface area contributed by atoms with Crippen molar-refractivity contribution in [3.63, 3.8) is 0 Å². The van der Waals surface area contributed by atoms with Gasteiger partial charge in [0.1, 0.15) is 0 Å². The molecule has 0 aliphatic rings. The molecule has 1 rings (SSSR count). The maximum absolute atomic E-state index is 11.6. The van der Waals surface area contributed by atoms with Crippen molar-refractivity contribution >= 4 is 11.8 Å². The summed E-state index contributed by atoms with van der Waals surface area (Å²) < 4.78 is 0. The second kappa shape index (κ2) is 4.95. The van der Waals surface area contributed by atoms with Gasteiger partial charge in [0, 0.05) is 11.0 Å². The standard InChI is InChI=1S/C12H16N2O4/c1-12(2,3)11(18)14-13-10(17)7-4-5-8(15)9(16)6-7/h4-6,15-16H,1-3H3,(H,13,17)(H,14,18). The second-order valence-electron chi connectivity index (χ2n) is 4.86. The van der Waals surface area contributed by atoms with Crippen LogP contribution < -0.4 is 10.9 Å². The van der Waals surface area contributed by atoms with Crippen LogP contribution in [0.1, 0.15) is 31.1 Å². The van der Waals surface area contributed by atoms with Gasteiger partial charge in [-0.05, 0) is 18.2 Å². The fourth-order valence-corrected chi connectivity index (χ4v) is 1.04. The molecule has 0 saturated carbocycles. The summed E-state index contributed by atoms with van der Waals surface area (Å²) in [5, 5.41) is 18.3. The Bertz CT molecular complexity index is 477. The normalized spacial score (nSPS) is 10.8. The van der Waals surface area contributed by atoms with Crippen molar-refractivity contribution in [2.24, 2.45) is 5.41 Å². The van der Waals surface area contributed by atoms with Crippen LogP contribution in [0.2, 0.25) is 0 Å². The summed E-state index contributed by atoms with van der Waals surface area (Å²) in [7, 11) is 0. The molecule has 0 aromatic heterocycles. The Morgan fingerprint density at radius 2 is 1.67 bits per heavy atom. The van der Waals surface area contributed by atoms with Crippen LogP contribution in [-0.2, 0) is 4.79 Å². The van der Waals surface area contributed by atoms with Crippen molar-refractivity contribution in [1.29, 1.82) is 0 Å². The van der Waals surface area contributed by atoms with E-state index in [0.29, 0.717) is 0 Å². The fourth-order valence-electron chi connectivity index (χ4n) is 1.04. The molecule has 4 N–H and O–H groups in total. The lowest BCUT2D eigenvalue weighted by Gasteiger charge is -2.17. The summed E-state index contributed by atoms with van der Waals surface area (Å²) in [4.78, 5) is 23.1. The van der Waals surface area contributed by atoms with Gasteiger partial charge < -0.3 is 10.2 Å². The Kier molecular flexibility index (Phi) is 3.80. The van der Waals surface area contributed by atoms with Crippen LogP contribution in [0.5, 0.6) is 11.5 Å². The molecule has 98 valence electrons. The van der Waals surface area contributed by atoms with Crippen molar-refractivity contribution in [1.82, 2.24) is 10.9 Å². The number of phenolic OH excluding ortho intramolecular Hbond substituents is 2. The number of nitrogens with one attached hydrogen (secondary N) is 2. The quantitative estimate of drug-likeness (QED) is 0.441. The Morgan fingerprint density at radius 3 is 2.17 bits per heavy atom. The molecule has 2 amide bonds. The summed E-state index contributed by atoms with van der Waals surface area (Å²) >= 11 is 0. The zero-order valence-electron chi connectivity index (χ0n) is 10.4. The first-order valence-electron chi connectivity index (χ1n) is 5.34. The van der Waals surface area contributed by atoms with Crippen LogP contribution in [0.15, 0.2) is 18.2 Å². The predicted octanol–water partition coefficient (Wildman–Crippen LogP) is 0.905. The monoisotopic (exact) mass is 252 g/mol. The molecule has 18 heavy (non-hydrogen) atoms. The average Bonchev–Trinajstić information content (AvgIpc) is 2.27. The number of hydrazine groups is 1. The van der Waals surface area contributed by atoms with Gasteiger partial charge in [-0.2, -0.15) is 0 Å². The minimum Gasteiger partial charge on any atom is -0.504 e. The number of rotatable bonds is 1. The van der Waals surface area contributed by atoms with Gasteiger partial charge in [0.25, 0.3) is 5.91 Å². The highest BCUT2D eigenvalue weighted by Crippen LogP contribution is 2.24. The van der Waals surface area contributed by atoms with E-state index in [4.69, 9.17) is 5.11 Å². The van der Waals surface area contributed by atoms with Crippen LogP contribution in [0.3, 0.4) is 0 Å². The molecule has 0 heterocycles. The van der Waals surface area contributed by atoms with Crippen molar-refractivity contribution in [2.75, 3.05) is 0 Å². The largest absolute Gasteiger partial charge is 0.504 e. The van der Waals surface area contributed by atoms with Crippen LogP contribution in [0.25, 0.3) is 0 Å². The van der Waals surface area contributed by atoms with E-state index < -0.39 is 17.1 Å². The van der Waals surface area contributed by atoms with Gasteiger partial charge >= 0.3 is 0 Å². The van der Waals surface area contributed by atoms with E-state index in [0.717, 1.165) is 6.07 Å². The molecule has 0 saturated heterocycles. The molecule has 0 unspecified atom stereocenters. The Labute approximate surface area is 105 Å². The number of phenols is 2. The topological polar surface area (TPSA) is 98.7 Å². The fraction of sp³-hybridized carbons (Fsp3) is 0.333. The van der Waals surface area contributed by atoms with Gasteiger partial charge in [0.05, 0.1) is 0 Å². The average molecular weight is 252 g/mol. The minimum absolute atomic E-state index is 0.125. The van der Waals surface area contributed by atoms with E-state index >= 15 is 0 Å². The molecular weight excluding hydrogens is 236 g/mol. The Hall–Kier alpha value is -2.24. The Balaban J connectivity index is 2.66. The SMILES string of the molecule is CC(C)(C)C(=O)NNC(=O)c1ccc(O)c(O)c1. The lowest BCUT2D eigenvalue weighted by molar-refractivity contribution is -0.129. The number of carbonyl (C=O) groups is 2. The van der Waals surface area contributed by atoms with Gasteiger partial charge in [0.15, 0.2) is 11.5 Å². The third kappa shape index (κ3) is 3.38. The highest BCUT2D eigenvalue weighted by Gasteiger charge is 2.21. The van der Waals surface area contributed by atoms with E-state index in [1.807, 2.05) is 0 Å². The first kappa shape index (κ1) is 13.8.